The maximum Gasteiger partial charge on any atom is 0.238 e. The van der Waals surface area contributed by atoms with Gasteiger partial charge in [0.05, 0.1) is 6.54 Å². The molecule has 1 aliphatic heterocycles. The van der Waals surface area contributed by atoms with E-state index < -0.39 is 0 Å². The lowest BCUT2D eigenvalue weighted by molar-refractivity contribution is -0.126. The monoisotopic (exact) mass is 175 g/mol. The van der Waals surface area contributed by atoms with Crippen molar-refractivity contribution in [1.29, 1.82) is 0 Å². The molecular formula is C10H11N2O. The maximum absolute atomic E-state index is 11.2. The summed E-state index contributed by atoms with van der Waals surface area (Å²) in [6.07, 6.45) is 0. The summed E-state index contributed by atoms with van der Waals surface area (Å²) < 4.78 is 0. The quantitative estimate of drug-likeness (QED) is 0.719. The molecule has 2 rings (SSSR count). The first kappa shape index (κ1) is 8.26. The Balaban J connectivity index is 2.02. The molecule has 0 atom stereocenters. The van der Waals surface area contributed by atoms with Gasteiger partial charge in [0.25, 0.3) is 0 Å². The van der Waals surface area contributed by atoms with Crippen LogP contribution in [0.3, 0.4) is 0 Å². The molecule has 3 heteroatoms. The van der Waals surface area contributed by atoms with E-state index in [0.29, 0.717) is 13.1 Å². The molecule has 0 spiro atoms. The zero-order chi connectivity index (χ0) is 9.10. The van der Waals surface area contributed by atoms with Crippen molar-refractivity contribution in [2.24, 2.45) is 0 Å². The SMILES string of the molecule is O=C1CN[CH]N1Cc1ccccc1. The minimum atomic E-state index is 0.129. The van der Waals surface area contributed by atoms with Crippen molar-refractivity contribution in [1.82, 2.24) is 10.2 Å². The Labute approximate surface area is 77.4 Å². The summed E-state index contributed by atoms with van der Waals surface area (Å²) in [6.45, 7) is 2.81. The van der Waals surface area contributed by atoms with E-state index in [9.17, 15) is 4.79 Å². The number of rotatable bonds is 2. The van der Waals surface area contributed by atoms with Gasteiger partial charge < -0.3 is 4.90 Å². The Morgan fingerprint density at radius 2 is 2.08 bits per heavy atom. The zero-order valence-corrected chi connectivity index (χ0v) is 7.23. The highest BCUT2D eigenvalue weighted by Gasteiger charge is 2.19. The summed E-state index contributed by atoms with van der Waals surface area (Å²) in [4.78, 5) is 12.9. The van der Waals surface area contributed by atoms with Crippen LogP contribution in [-0.2, 0) is 11.3 Å². The molecule has 1 fully saturated rings. The molecule has 1 aromatic rings. The first-order valence-corrected chi connectivity index (χ1v) is 4.26. The summed E-state index contributed by atoms with van der Waals surface area (Å²) in [5.41, 5.74) is 1.15. The molecule has 0 aromatic heterocycles. The van der Waals surface area contributed by atoms with Gasteiger partial charge in [-0.3, -0.25) is 10.1 Å². The smallest absolute Gasteiger partial charge is 0.238 e. The van der Waals surface area contributed by atoms with Gasteiger partial charge in [-0.25, -0.2) is 0 Å². The molecule has 67 valence electrons. The Morgan fingerprint density at radius 3 is 2.69 bits per heavy atom. The van der Waals surface area contributed by atoms with Crippen molar-refractivity contribution in [2.45, 2.75) is 6.54 Å². The minimum Gasteiger partial charge on any atom is -0.318 e. The molecule has 1 amide bonds. The van der Waals surface area contributed by atoms with Gasteiger partial charge in [-0.05, 0) is 5.56 Å². The highest BCUT2D eigenvalue weighted by molar-refractivity contribution is 5.81. The average molecular weight is 175 g/mol. The minimum absolute atomic E-state index is 0.129. The number of nitrogens with one attached hydrogen (secondary N) is 1. The largest absolute Gasteiger partial charge is 0.318 e. The van der Waals surface area contributed by atoms with Gasteiger partial charge in [0.1, 0.15) is 6.67 Å². The van der Waals surface area contributed by atoms with E-state index in [2.05, 4.69) is 5.32 Å². The van der Waals surface area contributed by atoms with Crippen LogP contribution in [-0.4, -0.2) is 17.4 Å². The van der Waals surface area contributed by atoms with E-state index in [1.165, 1.54) is 0 Å². The molecule has 0 aliphatic carbocycles. The summed E-state index contributed by atoms with van der Waals surface area (Å²) >= 11 is 0. The molecular weight excluding hydrogens is 164 g/mol. The normalized spacial score (nSPS) is 16.6. The Hall–Kier alpha value is -1.35. The molecule has 1 heterocycles. The number of hydrogen-bond acceptors (Lipinski definition) is 2. The molecule has 1 saturated heterocycles. The molecule has 0 bridgehead atoms. The van der Waals surface area contributed by atoms with E-state index in [0.717, 1.165) is 5.56 Å². The van der Waals surface area contributed by atoms with Crippen molar-refractivity contribution < 1.29 is 4.79 Å². The highest BCUT2D eigenvalue weighted by atomic mass is 16.2. The van der Waals surface area contributed by atoms with Crippen LogP contribution >= 0.6 is 0 Å². The van der Waals surface area contributed by atoms with Crippen molar-refractivity contribution in [3.8, 4) is 0 Å². The number of carbonyl (C=O) groups is 1. The van der Waals surface area contributed by atoms with Gasteiger partial charge in [-0.2, -0.15) is 0 Å². The molecule has 13 heavy (non-hydrogen) atoms. The van der Waals surface area contributed by atoms with E-state index in [-0.39, 0.29) is 5.91 Å². The fourth-order valence-corrected chi connectivity index (χ4v) is 1.33. The van der Waals surface area contributed by atoms with E-state index in [4.69, 9.17) is 0 Å². The zero-order valence-electron chi connectivity index (χ0n) is 7.23. The summed E-state index contributed by atoms with van der Waals surface area (Å²) in [5, 5.41) is 2.89. The second kappa shape index (κ2) is 3.58. The van der Waals surface area contributed by atoms with Gasteiger partial charge >= 0.3 is 0 Å². The fourth-order valence-electron chi connectivity index (χ4n) is 1.33. The van der Waals surface area contributed by atoms with Gasteiger partial charge in [0.2, 0.25) is 5.91 Å². The lowest BCUT2D eigenvalue weighted by Crippen LogP contribution is -2.22. The van der Waals surface area contributed by atoms with E-state index >= 15 is 0 Å². The third-order valence-corrected chi connectivity index (χ3v) is 2.02. The van der Waals surface area contributed by atoms with Crippen LogP contribution in [0.2, 0.25) is 0 Å². The first-order chi connectivity index (χ1) is 6.36. The molecule has 1 N–H and O–H groups in total. The lowest BCUT2D eigenvalue weighted by atomic mass is 10.2. The number of hydrogen-bond donors (Lipinski definition) is 1. The summed E-state index contributed by atoms with van der Waals surface area (Å²) in [7, 11) is 0. The highest BCUT2D eigenvalue weighted by Crippen LogP contribution is 2.07. The first-order valence-electron chi connectivity index (χ1n) is 4.26. The predicted octanol–water partition coefficient (Wildman–Crippen LogP) is 0.738. The third-order valence-electron chi connectivity index (χ3n) is 2.02. The lowest BCUT2D eigenvalue weighted by Gasteiger charge is -2.13. The van der Waals surface area contributed by atoms with Crippen LogP contribution in [0.4, 0.5) is 0 Å². The van der Waals surface area contributed by atoms with Crippen LogP contribution in [0.1, 0.15) is 5.56 Å². The van der Waals surface area contributed by atoms with E-state index in [1.54, 1.807) is 11.6 Å². The Kier molecular flexibility index (Phi) is 2.27. The fraction of sp³-hybridized carbons (Fsp3) is 0.200. The summed E-state index contributed by atoms with van der Waals surface area (Å²) in [5.74, 6) is 0.129. The van der Waals surface area contributed by atoms with Gasteiger partial charge in [0, 0.05) is 6.54 Å². The number of carbonyl (C=O) groups excluding carboxylic acids is 1. The average Bonchev–Trinajstić information content (AvgIpc) is 2.54. The predicted molar refractivity (Wildman–Crippen MR) is 49.3 cm³/mol. The van der Waals surface area contributed by atoms with Crippen molar-refractivity contribution in [3.63, 3.8) is 0 Å². The van der Waals surface area contributed by atoms with Crippen molar-refractivity contribution in [3.05, 3.63) is 42.6 Å². The van der Waals surface area contributed by atoms with Crippen LogP contribution < -0.4 is 5.32 Å². The van der Waals surface area contributed by atoms with Crippen LogP contribution in [0.25, 0.3) is 0 Å². The van der Waals surface area contributed by atoms with Gasteiger partial charge in [0.15, 0.2) is 0 Å². The molecule has 1 aromatic carbocycles. The van der Waals surface area contributed by atoms with E-state index in [1.807, 2.05) is 30.3 Å². The van der Waals surface area contributed by atoms with Crippen LogP contribution in [0, 0.1) is 6.67 Å². The third kappa shape index (κ3) is 1.87. The van der Waals surface area contributed by atoms with Crippen LogP contribution in [0.15, 0.2) is 30.3 Å². The number of benzene rings is 1. The maximum atomic E-state index is 11.2. The van der Waals surface area contributed by atoms with Crippen molar-refractivity contribution >= 4 is 5.91 Å². The molecule has 1 radical (unpaired) electrons. The number of amides is 1. The second-order valence-corrected chi connectivity index (χ2v) is 3.02. The van der Waals surface area contributed by atoms with Gasteiger partial charge in [-0.15, -0.1) is 0 Å². The Bertz CT molecular complexity index is 297. The standard InChI is InChI=1S/C10H11N2O/c13-10-6-11-8-12(10)7-9-4-2-1-3-5-9/h1-5,8,11H,6-7H2. The molecule has 0 unspecified atom stereocenters. The summed E-state index contributed by atoms with van der Waals surface area (Å²) in [6, 6.07) is 9.95. The van der Waals surface area contributed by atoms with Crippen molar-refractivity contribution in [2.75, 3.05) is 6.54 Å². The van der Waals surface area contributed by atoms with Gasteiger partial charge in [-0.1, -0.05) is 30.3 Å². The molecule has 1 aliphatic rings. The number of nitrogens with zero attached hydrogens (tertiary/aromatic N) is 1. The van der Waals surface area contributed by atoms with Crippen LogP contribution in [0.5, 0.6) is 0 Å². The Morgan fingerprint density at radius 1 is 1.31 bits per heavy atom. The molecule has 0 saturated carbocycles. The molecule has 3 nitrogen and oxygen atoms in total. The topological polar surface area (TPSA) is 32.3 Å². The second-order valence-electron chi connectivity index (χ2n) is 3.02.